The van der Waals surface area contributed by atoms with Crippen LogP contribution >= 0.6 is 11.3 Å². The number of nitrogens with zero attached hydrogens (tertiary/aromatic N) is 3. The lowest BCUT2D eigenvalue weighted by molar-refractivity contribution is -0.142. The number of nitrogens with one attached hydrogen (secondary N) is 1. The van der Waals surface area contributed by atoms with Crippen LogP contribution in [0.2, 0.25) is 0 Å². The molecule has 2 heterocycles. The number of amides is 1. The van der Waals surface area contributed by atoms with E-state index in [2.05, 4.69) is 29.8 Å². The Labute approximate surface area is 198 Å². The molecule has 1 aliphatic carbocycles. The molecule has 0 radical (unpaired) electrons. The molecule has 33 heavy (non-hydrogen) atoms. The number of carbonyl (C=O) groups is 2. The molecule has 1 aliphatic rings. The summed E-state index contributed by atoms with van der Waals surface area (Å²) in [6.45, 7) is 8.51. The zero-order valence-corrected chi connectivity index (χ0v) is 20.3. The van der Waals surface area contributed by atoms with Gasteiger partial charge in [0.25, 0.3) is 5.91 Å². The number of esters is 1. The second kappa shape index (κ2) is 10.5. The van der Waals surface area contributed by atoms with Gasteiger partial charge in [0, 0.05) is 22.8 Å². The van der Waals surface area contributed by atoms with Gasteiger partial charge in [0.05, 0.1) is 5.56 Å². The Morgan fingerprint density at radius 2 is 2.12 bits per heavy atom. The summed E-state index contributed by atoms with van der Waals surface area (Å²) in [6, 6.07) is 5.99. The van der Waals surface area contributed by atoms with Crippen molar-refractivity contribution in [2.75, 3.05) is 11.9 Å². The summed E-state index contributed by atoms with van der Waals surface area (Å²) in [5.41, 5.74) is 4.14. The summed E-state index contributed by atoms with van der Waals surface area (Å²) in [5, 5.41) is 22.2. The van der Waals surface area contributed by atoms with Crippen molar-refractivity contribution in [1.82, 2.24) is 4.57 Å². The lowest BCUT2D eigenvalue weighted by Crippen LogP contribution is -2.21. The van der Waals surface area contributed by atoms with Gasteiger partial charge in [-0.2, -0.15) is 10.5 Å². The van der Waals surface area contributed by atoms with Gasteiger partial charge in [-0.1, -0.05) is 13.8 Å². The standard InChI is InChI=1S/C25H28N4O3S/c1-5-8-29-16(3)10-18(17(29)4)11-19(12-26)25(31)32-14-23(30)28-24-21(13-27)20-7-6-15(2)9-22(20)33-24/h10-11,15H,5-9,14H2,1-4H3,(H,28,30)/b19-11-. The van der Waals surface area contributed by atoms with Crippen LogP contribution in [0.4, 0.5) is 5.00 Å². The highest BCUT2D eigenvalue weighted by atomic mass is 32.1. The average molecular weight is 465 g/mol. The van der Waals surface area contributed by atoms with E-state index in [1.165, 1.54) is 17.4 Å². The number of aryl methyl sites for hydroxylation is 1. The van der Waals surface area contributed by atoms with Crippen molar-refractivity contribution in [2.45, 2.75) is 59.9 Å². The highest BCUT2D eigenvalue weighted by Gasteiger charge is 2.25. The highest BCUT2D eigenvalue weighted by Crippen LogP contribution is 2.39. The molecule has 1 unspecified atom stereocenters. The van der Waals surface area contributed by atoms with E-state index in [0.717, 1.165) is 59.6 Å². The smallest absolute Gasteiger partial charge is 0.349 e. The van der Waals surface area contributed by atoms with E-state index in [0.29, 0.717) is 16.5 Å². The third-order valence-electron chi connectivity index (χ3n) is 5.91. The van der Waals surface area contributed by atoms with E-state index in [9.17, 15) is 20.1 Å². The molecular formula is C25H28N4O3S. The van der Waals surface area contributed by atoms with Crippen LogP contribution in [-0.4, -0.2) is 23.1 Å². The van der Waals surface area contributed by atoms with Gasteiger partial charge in [-0.05, 0) is 68.7 Å². The van der Waals surface area contributed by atoms with Gasteiger partial charge >= 0.3 is 5.97 Å². The van der Waals surface area contributed by atoms with Crippen LogP contribution in [0.25, 0.3) is 6.08 Å². The van der Waals surface area contributed by atoms with Crippen molar-refractivity contribution in [3.63, 3.8) is 0 Å². The molecule has 3 rings (SSSR count). The van der Waals surface area contributed by atoms with Crippen LogP contribution in [-0.2, 0) is 33.7 Å². The largest absolute Gasteiger partial charge is 0.451 e. The monoisotopic (exact) mass is 464 g/mol. The van der Waals surface area contributed by atoms with E-state index < -0.39 is 18.5 Å². The molecule has 0 saturated heterocycles. The number of anilines is 1. The number of thiophene rings is 1. The Hall–Kier alpha value is -3.36. The zero-order chi connectivity index (χ0) is 24.1. The molecular weight excluding hydrogens is 436 g/mol. The zero-order valence-electron chi connectivity index (χ0n) is 19.4. The number of hydrogen-bond donors (Lipinski definition) is 1. The van der Waals surface area contributed by atoms with E-state index in [4.69, 9.17) is 4.74 Å². The van der Waals surface area contributed by atoms with Gasteiger partial charge < -0.3 is 14.6 Å². The fourth-order valence-electron chi connectivity index (χ4n) is 4.16. The Kier molecular flexibility index (Phi) is 7.73. The molecule has 0 aliphatic heterocycles. The molecule has 0 fully saturated rings. The molecule has 1 N–H and O–H groups in total. The van der Waals surface area contributed by atoms with E-state index >= 15 is 0 Å². The van der Waals surface area contributed by atoms with Crippen LogP contribution < -0.4 is 5.32 Å². The van der Waals surface area contributed by atoms with E-state index in [-0.39, 0.29) is 5.57 Å². The third kappa shape index (κ3) is 5.35. The summed E-state index contributed by atoms with van der Waals surface area (Å²) < 4.78 is 7.22. The molecule has 2 aromatic heterocycles. The SMILES string of the molecule is CCCn1c(C)cc(/C=C(/C#N)C(=O)OCC(=O)Nc2sc3c(c2C#N)CCC(C)C3)c1C. The minimum absolute atomic E-state index is 0.169. The summed E-state index contributed by atoms with van der Waals surface area (Å²) in [5.74, 6) is -0.840. The Balaban J connectivity index is 1.66. The molecule has 0 saturated carbocycles. The van der Waals surface area contributed by atoms with E-state index in [1.807, 2.05) is 26.0 Å². The van der Waals surface area contributed by atoms with E-state index in [1.54, 1.807) is 0 Å². The van der Waals surface area contributed by atoms with Crippen LogP contribution in [0.1, 0.15) is 59.6 Å². The van der Waals surface area contributed by atoms with Gasteiger partial charge in [-0.3, -0.25) is 4.79 Å². The van der Waals surface area contributed by atoms with Crippen molar-refractivity contribution in [3.05, 3.63) is 44.6 Å². The molecule has 8 heteroatoms. The van der Waals surface area contributed by atoms with Crippen LogP contribution in [0.5, 0.6) is 0 Å². The number of rotatable bonds is 7. The lowest BCUT2D eigenvalue weighted by Gasteiger charge is -2.17. The average Bonchev–Trinajstić information content (AvgIpc) is 3.26. The van der Waals surface area contributed by atoms with Gasteiger partial charge in [-0.15, -0.1) is 11.3 Å². The van der Waals surface area contributed by atoms with Gasteiger partial charge in [0.1, 0.15) is 22.7 Å². The minimum atomic E-state index is -0.854. The molecule has 172 valence electrons. The number of hydrogen-bond acceptors (Lipinski definition) is 6. The predicted octanol–water partition coefficient (Wildman–Crippen LogP) is 4.66. The molecule has 1 amide bonds. The second-order valence-corrected chi connectivity index (χ2v) is 9.55. The number of ether oxygens (including phenoxy) is 1. The molecule has 0 bridgehead atoms. The molecule has 2 aromatic rings. The number of fused-ring (bicyclic) bond motifs is 1. The first-order chi connectivity index (χ1) is 15.8. The number of carbonyl (C=O) groups excluding carboxylic acids is 2. The maximum Gasteiger partial charge on any atom is 0.349 e. The second-order valence-electron chi connectivity index (χ2n) is 8.44. The Morgan fingerprint density at radius 3 is 2.79 bits per heavy atom. The quantitative estimate of drug-likeness (QED) is 0.364. The Morgan fingerprint density at radius 1 is 1.36 bits per heavy atom. The summed E-state index contributed by atoms with van der Waals surface area (Å²) in [4.78, 5) is 26.0. The molecule has 0 spiro atoms. The summed E-state index contributed by atoms with van der Waals surface area (Å²) >= 11 is 1.41. The maximum atomic E-state index is 12.4. The third-order valence-corrected chi connectivity index (χ3v) is 7.08. The van der Waals surface area contributed by atoms with Crippen molar-refractivity contribution in [3.8, 4) is 12.1 Å². The van der Waals surface area contributed by atoms with Gasteiger partial charge in [0.2, 0.25) is 0 Å². The van der Waals surface area contributed by atoms with Crippen molar-refractivity contribution >= 4 is 34.3 Å². The first-order valence-corrected chi connectivity index (χ1v) is 11.9. The fourth-order valence-corrected chi connectivity index (χ4v) is 5.54. The van der Waals surface area contributed by atoms with Crippen molar-refractivity contribution in [1.29, 1.82) is 10.5 Å². The first kappa shape index (κ1) is 24.3. The highest BCUT2D eigenvalue weighted by molar-refractivity contribution is 7.16. The summed E-state index contributed by atoms with van der Waals surface area (Å²) in [7, 11) is 0. The van der Waals surface area contributed by atoms with Gasteiger partial charge in [-0.25, -0.2) is 4.79 Å². The van der Waals surface area contributed by atoms with Crippen molar-refractivity contribution in [2.24, 2.45) is 5.92 Å². The molecule has 0 aromatic carbocycles. The lowest BCUT2D eigenvalue weighted by atomic mass is 9.89. The van der Waals surface area contributed by atoms with Crippen molar-refractivity contribution < 1.29 is 14.3 Å². The van der Waals surface area contributed by atoms with Crippen LogP contribution in [0.15, 0.2) is 11.6 Å². The summed E-state index contributed by atoms with van der Waals surface area (Å²) in [6.07, 6.45) is 5.22. The van der Waals surface area contributed by atoms with Crippen LogP contribution in [0.3, 0.4) is 0 Å². The normalized spacial score (nSPS) is 15.3. The molecule has 7 nitrogen and oxygen atoms in total. The van der Waals surface area contributed by atoms with Crippen LogP contribution in [0, 0.1) is 42.4 Å². The maximum absolute atomic E-state index is 12.4. The predicted molar refractivity (Wildman–Crippen MR) is 128 cm³/mol. The molecule has 1 atom stereocenters. The number of nitriles is 2. The Bertz CT molecular complexity index is 1190. The fraction of sp³-hybridized carbons (Fsp3) is 0.440. The van der Waals surface area contributed by atoms with Gasteiger partial charge in [0.15, 0.2) is 6.61 Å². The minimum Gasteiger partial charge on any atom is -0.451 e. The topological polar surface area (TPSA) is 108 Å². The number of aromatic nitrogens is 1. The first-order valence-electron chi connectivity index (χ1n) is 11.1.